The summed E-state index contributed by atoms with van der Waals surface area (Å²) in [6.07, 6.45) is 0.515. The smallest absolute Gasteiger partial charge is 0.234 e. The van der Waals surface area contributed by atoms with Crippen molar-refractivity contribution in [2.45, 2.75) is 13.3 Å². The number of benzene rings is 2. The first-order valence-corrected chi connectivity index (χ1v) is 9.31. The molecule has 0 N–H and O–H groups in total. The zero-order valence-electron chi connectivity index (χ0n) is 13.8. The molecule has 1 aliphatic heterocycles. The van der Waals surface area contributed by atoms with Crippen LogP contribution in [0, 0.1) is 11.6 Å². The Labute approximate surface area is 144 Å². The monoisotopic (exact) mass is 369 g/mol. The zero-order chi connectivity index (χ0) is 18.2. The molecule has 0 unspecified atom stereocenters. The van der Waals surface area contributed by atoms with Crippen LogP contribution in [-0.2, 0) is 16.4 Å². The number of nitrogens with zero attached hydrogens (tertiary/aromatic N) is 1. The Morgan fingerprint density at radius 2 is 1.88 bits per heavy atom. The van der Waals surface area contributed by atoms with E-state index in [0.29, 0.717) is 18.7 Å². The lowest BCUT2D eigenvalue weighted by molar-refractivity contribution is 0.370. The van der Waals surface area contributed by atoms with Crippen LogP contribution in [0.2, 0.25) is 0 Å². The van der Waals surface area contributed by atoms with Crippen LogP contribution in [0.4, 0.5) is 14.5 Å². The van der Waals surface area contributed by atoms with E-state index >= 15 is 0 Å². The van der Waals surface area contributed by atoms with Gasteiger partial charge >= 0.3 is 0 Å². The number of anilines is 1. The van der Waals surface area contributed by atoms with E-state index in [9.17, 15) is 17.2 Å². The molecule has 2 aromatic rings. The average molecular weight is 369 g/mol. The van der Waals surface area contributed by atoms with Gasteiger partial charge in [-0.1, -0.05) is 0 Å². The predicted octanol–water partition coefficient (Wildman–Crippen LogP) is 3.48. The second kappa shape index (κ2) is 6.51. The van der Waals surface area contributed by atoms with E-state index in [1.165, 1.54) is 17.5 Å². The van der Waals surface area contributed by atoms with Crippen molar-refractivity contribution in [3.8, 4) is 17.2 Å². The van der Waals surface area contributed by atoms with Gasteiger partial charge < -0.3 is 9.47 Å². The van der Waals surface area contributed by atoms with E-state index in [1.54, 1.807) is 19.1 Å². The molecule has 8 heteroatoms. The Morgan fingerprint density at radius 1 is 1.12 bits per heavy atom. The molecule has 2 aromatic carbocycles. The highest BCUT2D eigenvalue weighted by Crippen LogP contribution is 2.41. The first kappa shape index (κ1) is 17.5. The van der Waals surface area contributed by atoms with Gasteiger partial charge in [-0.2, -0.15) is 0 Å². The highest BCUT2D eigenvalue weighted by molar-refractivity contribution is 7.92. The highest BCUT2D eigenvalue weighted by atomic mass is 32.2. The minimum absolute atomic E-state index is 0.00615. The third kappa shape index (κ3) is 3.26. The van der Waals surface area contributed by atoms with Gasteiger partial charge in [-0.3, -0.25) is 4.31 Å². The van der Waals surface area contributed by atoms with Gasteiger partial charge in [-0.15, -0.1) is 0 Å². The van der Waals surface area contributed by atoms with Gasteiger partial charge in [0.05, 0.1) is 18.6 Å². The van der Waals surface area contributed by atoms with Crippen molar-refractivity contribution in [1.29, 1.82) is 0 Å². The van der Waals surface area contributed by atoms with Gasteiger partial charge in [0.15, 0.2) is 23.1 Å². The lowest BCUT2D eigenvalue weighted by Crippen LogP contribution is -2.30. The number of halogens is 2. The summed E-state index contributed by atoms with van der Waals surface area (Å²) >= 11 is 0. The highest BCUT2D eigenvalue weighted by Gasteiger charge is 2.30. The van der Waals surface area contributed by atoms with Crippen LogP contribution in [0.3, 0.4) is 0 Å². The summed E-state index contributed by atoms with van der Waals surface area (Å²) in [6, 6.07) is 6.19. The van der Waals surface area contributed by atoms with Crippen LogP contribution in [-0.4, -0.2) is 27.8 Å². The Morgan fingerprint density at radius 3 is 2.52 bits per heavy atom. The number of fused-ring (bicyclic) bond motifs is 1. The summed E-state index contributed by atoms with van der Waals surface area (Å²) in [5.74, 6) is -1.18. The third-order valence-corrected chi connectivity index (χ3v) is 5.81. The molecule has 0 saturated carbocycles. The first-order valence-electron chi connectivity index (χ1n) is 7.70. The van der Waals surface area contributed by atoms with E-state index in [0.717, 1.165) is 17.7 Å². The molecule has 1 aliphatic rings. The van der Waals surface area contributed by atoms with Gasteiger partial charge in [-0.25, -0.2) is 17.2 Å². The quantitative estimate of drug-likeness (QED) is 0.810. The number of ether oxygens (including phenoxy) is 2. The van der Waals surface area contributed by atoms with Gasteiger partial charge in [0, 0.05) is 18.7 Å². The average Bonchev–Trinajstić information content (AvgIpc) is 3.00. The summed E-state index contributed by atoms with van der Waals surface area (Å²) in [6.45, 7) is 1.92. The van der Waals surface area contributed by atoms with Crippen molar-refractivity contribution >= 4 is 15.7 Å². The Balaban J connectivity index is 2.00. The van der Waals surface area contributed by atoms with Crippen LogP contribution in [0.5, 0.6) is 17.2 Å². The van der Waals surface area contributed by atoms with Crippen molar-refractivity contribution in [1.82, 2.24) is 0 Å². The van der Waals surface area contributed by atoms with E-state index in [-0.39, 0.29) is 23.0 Å². The van der Waals surface area contributed by atoms with Gasteiger partial charge in [-0.05, 0) is 37.1 Å². The fourth-order valence-electron chi connectivity index (χ4n) is 2.73. The van der Waals surface area contributed by atoms with E-state index < -0.39 is 21.7 Å². The van der Waals surface area contributed by atoms with Crippen LogP contribution in [0.25, 0.3) is 0 Å². The van der Waals surface area contributed by atoms with E-state index in [4.69, 9.17) is 9.47 Å². The summed E-state index contributed by atoms with van der Waals surface area (Å²) in [5.41, 5.74) is 1.29. The largest absolute Gasteiger partial charge is 0.493 e. The van der Waals surface area contributed by atoms with Gasteiger partial charge in [0.25, 0.3) is 0 Å². The first-order chi connectivity index (χ1) is 11.9. The molecule has 0 saturated heterocycles. The van der Waals surface area contributed by atoms with Crippen molar-refractivity contribution in [3.63, 3.8) is 0 Å². The summed E-state index contributed by atoms with van der Waals surface area (Å²) in [5, 5.41) is 0. The molecular formula is C17H17F2NO4S. The molecule has 0 aromatic heterocycles. The molecule has 0 fully saturated rings. The van der Waals surface area contributed by atoms with Crippen molar-refractivity contribution in [2.75, 3.05) is 23.7 Å². The maximum atomic E-state index is 13.8. The normalized spacial score (nSPS) is 13.7. The fraction of sp³-hybridized carbons (Fsp3) is 0.294. The molecular weight excluding hydrogens is 352 g/mol. The minimum atomic E-state index is -3.38. The van der Waals surface area contributed by atoms with E-state index in [2.05, 4.69) is 0 Å². The lowest BCUT2D eigenvalue weighted by atomic mass is 10.1. The van der Waals surface area contributed by atoms with Crippen LogP contribution < -0.4 is 13.8 Å². The Kier molecular flexibility index (Phi) is 4.55. The summed E-state index contributed by atoms with van der Waals surface area (Å²) in [7, 11) is -1.98. The summed E-state index contributed by atoms with van der Waals surface area (Å²) in [4.78, 5) is 0. The molecule has 0 spiro atoms. The number of hydrogen-bond donors (Lipinski definition) is 0. The topological polar surface area (TPSA) is 55.8 Å². The number of hydrogen-bond acceptors (Lipinski definition) is 4. The standard InChI is InChI=1S/C17H17F2NO4S/c1-3-25(21,22)20-7-6-11-8-17(16(23-2)10-14(11)20)24-15-5-4-12(18)9-13(15)19/h4-5,8-10H,3,6-7H2,1-2H3. The Bertz CT molecular complexity index is 915. The molecule has 25 heavy (non-hydrogen) atoms. The number of methoxy groups -OCH3 is 1. The maximum absolute atomic E-state index is 13.8. The molecule has 0 amide bonds. The molecule has 0 atom stereocenters. The second-order valence-corrected chi connectivity index (χ2v) is 7.71. The van der Waals surface area contributed by atoms with Crippen LogP contribution >= 0.6 is 0 Å². The molecule has 5 nitrogen and oxygen atoms in total. The van der Waals surface area contributed by atoms with Crippen LogP contribution in [0.1, 0.15) is 12.5 Å². The third-order valence-electron chi connectivity index (χ3n) is 4.03. The lowest BCUT2D eigenvalue weighted by Gasteiger charge is -2.20. The zero-order valence-corrected chi connectivity index (χ0v) is 14.6. The SMILES string of the molecule is CCS(=O)(=O)N1CCc2cc(Oc3ccc(F)cc3F)c(OC)cc21. The van der Waals surface area contributed by atoms with Gasteiger partial charge in [0.1, 0.15) is 5.82 Å². The van der Waals surface area contributed by atoms with Crippen molar-refractivity contribution < 1.29 is 26.7 Å². The molecule has 0 radical (unpaired) electrons. The molecule has 134 valence electrons. The van der Waals surface area contributed by atoms with Crippen molar-refractivity contribution in [2.24, 2.45) is 0 Å². The minimum Gasteiger partial charge on any atom is -0.493 e. The molecule has 1 heterocycles. The van der Waals surface area contributed by atoms with Gasteiger partial charge in [0.2, 0.25) is 10.0 Å². The molecule has 0 bridgehead atoms. The van der Waals surface area contributed by atoms with E-state index in [1.807, 2.05) is 0 Å². The Hall–Kier alpha value is -2.35. The number of rotatable bonds is 5. The number of sulfonamides is 1. The second-order valence-electron chi connectivity index (χ2n) is 5.53. The van der Waals surface area contributed by atoms with Crippen LogP contribution in [0.15, 0.2) is 30.3 Å². The summed E-state index contributed by atoms with van der Waals surface area (Å²) < 4.78 is 63.3. The fourth-order valence-corrected chi connectivity index (χ4v) is 3.88. The maximum Gasteiger partial charge on any atom is 0.234 e. The predicted molar refractivity (Wildman–Crippen MR) is 89.9 cm³/mol. The molecule has 0 aliphatic carbocycles. The molecule has 3 rings (SSSR count). The van der Waals surface area contributed by atoms with Crippen molar-refractivity contribution in [3.05, 3.63) is 47.5 Å².